The van der Waals surface area contributed by atoms with Gasteiger partial charge in [-0.25, -0.2) is 0 Å². The second-order valence-electron chi connectivity index (χ2n) is 5.31. The first kappa shape index (κ1) is 18.1. The predicted molar refractivity (Wildman–Crippen MR) is 97.0 cm³/mol. The largest absolute Gasteiger partial charge is 0.493 e. The third kappa shape index (κ3) is 4.64. The van der Waals surface area contributed by atoms with Crippen LogP contribution in [0.1, 0.15) is 19.4 Å². The molecular weight excluding hydrogens is 318 g/mol. The Bertz CT molecular complexity index is 784. The maximum Gasteiger partial charge on any atom is 0.246 e. The summed E-state index contributed by atoms with van der Waals surface area (Å²) >= 11 is 0. The van der Waals surface area contributed by atoms with E-state index in [1.807, 2.05) is 13.0 Å². The van der Waals surface area contributed by atoms with Gasteiger partial charge in [0.15, 0.2) is 11.5 Å². The summed E-state index contributed by atoms with van der Waals surface area (Å²) in [6, 6.07) is 13.8. The second-order valence-corrected chi connectivity index (χ2v) is 5.31. The molecular formula is C19H21N3O3. The zero-order valence-corrected chi connectivity index (χ0v) is 14.5. The monoisotopic (exact) mass is 339 g/mol. The van der Waals surface area contributed by atoms with Gasteiger partial charge < -0.3 is 20.1 Å². The number of carbonyl (C=O) groups excluding carboxylic acids is 1. The molecule has 130 valence electrons. The van der Waals surface area contributed by atoms with Crippen molar-refractivity contribution in [2.24, 2.45) is 0 Å². The molecule has 0 aliphatic rings. The summed E-state index contributed by atoms with van der Waals surface area (Å²) in [6.45, 7) is 4.19. The Hall–Kier alpha value is -3.20. The lowest BCUT2D eigenvalue weighted by Gasteiger charge is -2.17. The van der Waals surface area contributed by atoms with E-state index in [4.69, 9.17) is 14.7 Å². The molecule has 0 fully saturated rings. The Labute approximate surface area is 147 Å². The summed E-state index contributed by atoms with van der Waals surface area (Å²) < 4.78 is 10.8. The quantitative estimate of drug-likeness (QED) is 0.808. The molecule has 6 nitrogen and oxygen atoms in total. The van der Waals surface area contributed by atoms with Crippen molar-refractivity contribution in [3.8, 4) is 17.6 Å². The maximum absolute atomic E-state index is 12.4. The molecule has 0 saturated heterocycles. The molecule has 0 aromatic heterocycles. The van der Waals surface area contributed by atoms with E-state index in [9.17, 15) is 4.79 Å². The minimum absolute atomic E-state index is 0.240. The summed E-state index contributed by atoms with van der Waals surface area (Å²) in [5.41, 5.74) is 1.65. The molecule has 0 aliphatic carbocycles. The number of nitriles is 1. The summed E-state index contributed by atoms with van der Waals surface area (Å²) in [7, 11) is 1.57. The molecule has 2 N–H and O–H groups in total. The number of nitrogens with zero attached hydrogens (tertiary/aromatic N) is 1. The topological polar surface area (TPSA) is 83.4 Å². The molecule has 1 amide bonds. The lowest BCUT2D eigenvalue weighted by Crippen LogP contribution is -2.32. The van der Waals surface area contributed by atoms with Gasteiger partial charge in [0.25, 0.3) is 0 Å². The number of para-hydroxylation sites is 1. The van der Waals surface area contributed by atoms with Gasteiger partial charge in [-0.3, -0.25) is 4.79 Å². The van der Waals surface area contributed by atoms with Crippen LogP contribution in [0.25, 0.3) is 0 Å². The van der Waals surface area contributed by atoms with Crippen LogP contribution in [0.5, 0.6) is 11.5 Å². The number of anilines is 2. The van der Waals surface area contributed by atoms with E-state index in [0.717, 1.165) is 5.69 Å². The van der Waals surface area contributed by atoms with Gasteiger partial charge in [0.1, 0.15) is 12.1 Å². The van der Waals surface area contributed by atoms with E-state index >= 15 is 0 Å². The maximum atomic E-state index is 12.4. The van der Waals surface area contributed by atoms with Gasteiger partial charge >= 0.3 is 0 Å². The number of ether oxygens (including phenoxy) is 2. The molecule has 2 aromatic rings. The fraction of sp³-hybridized carbons (Fsp3) is 0.263. The molecule has 0 saturated carbocycles. The highest BCUT2D eigenvalue weighted by Crippen LogP contribution is 2.30. The third-order valence-corrected chi connectivity index (χ3v) is 3.55. The average molecular weight is 339 g/mol. The van der Waals surface area contributed by atoms with Crippen molar-refractivity contribution >= 4 is 17.3 Å². The summed E-state index contributed by atoms with van der Waals surface area (Å²) in [4.78, 5) is 12.4. The Morgan fingerprint density at radius 2 is 2.00 bits per heavy atom. The van der Waals surface area contributed by atoms with Crippen molar-refractivity contribution in [3.63, 3.8) is 0 Å². The van der Waals surface area contributed by atoms with Crippen molar-refractivity contribution in [1.29, 1.82) is 5.26 Å². The summed E-state index contributed by atoms with van der Waals surface area (Å²) in [6.07, 6.45) is 0. The van der Waals surface area contributed by atoms with Crippen molar-refractivity contribution in [3.05, 3.63) is 48.0 Å². The number of hydrogen-bond donors (Lipinski definition) is 2. The molecule has 2 aromatic carbocycles. The van der Waals surface area contributed by atoms with Crippen LogP contribution in [0.2, 0.25) is 0 Å². The van der Waals surface area contributed by atoms with E-state index in [2.05, 4.69) is 16.7 Å². The van der Waals surface area contributed by atoms with Gasteiger partial charge in [-0.2, -0.15) is 5.26 Å². The highest BCUT2D eigenvalue weighted by molar-refractivity contribution is 5.97. The Balaban J connectivity index is 2.07. The Morgan fingerprint density at radius 3 is 2.68 bits per heavy atom. The van der Waals surface area contributed by atoms with E-state index in [-0.39, 0.29) is 5.91 Å². The van der Waals surface area contributed by atoms with Crippen LogP contribution >= 0.6 is 0 Å². The number of carbonyl (C=O) groups is 1. The van der Waals surface area contributed by atoms with E-state index in [1.54, 1.807) is 50.4 Å². The third-order valence-electron chi connectivity index (χ3n) is 3.55. The number of nitrogens with one attached hydrogen (secondary N) is 2. The predicted octanol–water partition coefficient (Wildman–Crippen LogP) is 3.40. The van der Waals surface area contributed by atoms with Crippen molar-refractivity contribution < 1.29 is 14.3 Å². The van der Waals surface area contributed by atoms with Crippen LogP contribution in [-0.2, 0) is 4.79 Å². The van der Waals surface area contributed by atoms with Crippen LogP contribution in [0.15, 0.2) is 42.5 Å². The smallest absolute Gasteiger partial charge is 0.246 e. The molecule has 0 radical (unpaired) electrons. The highest BCUT2D eigenvalue weighted by Gasteiger charge is 2.15. The number of rotatable bonds is 7. The second kappa shape index (κ2) is 8.60. The number of methoxy groups -OCH3 is 1. The fourth-order valence-electron chi connectivity index (χ4n) is 2.28. The first-order valence-electron chi connectivity index (χ1n) is 7.96. The van der Waals surface area contributed by atoms with Crippen LogP contribution in [0.4, 0.5) is 11.4 Å². The average Bonchev–Trinajstić information content (AvgIpc) is 2.63. The van der Waals surface area contributed by atoms with Crippen molar-refractivity contribution in [2.45, 2.75) is 19.9 Å². The van der Waals surface area contributed by atoms with Crippen LogP contribution < -0.4 is 20.1 Å². The van der Waals surface area contributed by atoms with Gasteiger partial charge in [0.05, 0.1) is 25.0 Å². The standard InChI is InChI=1S/C19H21N3O3/c1-4-25-17-10-9-15(11-18(17)24-3)21-13(2)19(23)22-16-8-6-5-7-14(16)12-20/h5-11,13,21H,4H2,1-3H3,(H,22,23)/t13-/m1/s1. The molecule has 0 heterocycles. The highest BCUT2D eigenvalue weighted by atomic mass is 16.5. The summed E-state index contributed by atoms with van der Waals surface area (Å²) in [5, 5.41) is 15.0. The SMILES string of the molecule is CCOc1ccc(N[C@H](C)C(=O)Nc2ccccc2C#N)cc1OC. The van der Waals surface area contributed by atoms with Crippen molar-refractivity contribution in [1.82, 2.24) is 0 Å². The first-order chi connectivity index (χ1) is 12.1. The molecule has 0 bridgehead atoms. The van der Waals surface area contributed by atoms with Gasteiger partial charge in [0, 0.05) is 11.8 Å². The Morgan fingerprint density at radius 1 is 1.24 bits per heavy atom. The minimum atomic E-state index is -0.505. The zero-order chi connectivity index (χ0) is 18.2. The van der Waals surface area contributed by atoms with Gasteiger partial charge in [-0.1, -0.05) is 12.1 Å². The molecule has 0 spiro atoms. The van der Waals surface area contributed by atoms with Gasteiger partial charge in [0.2, 0.25) is 5.91 Å². The fourth-order valence-corrected chi connectivity index (χ4v) is 2.28. The lowest BCUT2D eigenvalue weighted by molar-refractivity contribution is -0.116. The van der Waals surface area contributed by atoms with E-state index in [0.29, 0.717) is 29.4 Å². The molecule has 0 unspecified atom stereocenters. The number of hydrogen-bond acceptors (Lipinski definition) is 5. The minimum Gasteiger partial charge on any atom is -0.493 e. The van der Waals surface area contributed by atoms with E-state index < -0.39 is 6.04 Å². The normalized spacial score (nSPS) is 11.1. The number of amides is 1. The van der Waals surface area contributed by atoms with Gasteiger partial charge in [-0.05, 0) is 38.1 Å². The lowest BCUT2D eigenvalue weighted by atomic mass is 10.2. The number of benzene rings is 2. The molecule has 6 heteroatoms. The molecule has 0 aliphatic heterocycles. The van der Waals surface area contributed by atoms with Crippen LogP contribution in [0.3, 0.4) is 0 Å². The zero-order valence-electron chi connectivity index (χ0n) is 14.5. The molecule has 2 rings (SSSR count). The van der Waals surface area contributed by atoms with Crippen molar-refractivity contribution in [2.75, 3.05) is 24.4 Å². The van der Waals surface area contributed by atoms with Crippen LogP contribution in [-0.4, -0.2) is 25.7 Å². The summed E-state index contributed by atoms with van der Waals surface area (Å²) in [5.74, 6) is 1.00. The molecule has 1 atom stereocenters. The van der Waals surface area contributed by atoms with Gasteiger partial charge in [-0.15, -0.1) is 0 Å². The van der Waals surface area contributed by atoms with E-state index in [1.165, 1.54) is 0 Å². The first-order valence-corrected chi connectivity index (χ1v) is 7.96. The molecule has 25 heavy (non-hydrogen) atoms. The van der Waals surface area contributed by atoms with Crippen LogP contribution in [0, 0.1) is 11.3 Å². The Kier molecular flexibility index (Phi) is 6.24.